The minimum atomic E-state index is -3.26. The molecule has 1 N–H and O–H groups in total. The van der Waals surface area contributed by atoms with Crippen LogP contribution in [0.25, 0.3) is 11.0 Å². The second-order valence-electron chi connectivity index (χ2n) is 9.67. The topological polar surface area (TPSA) is 131 Å². The zero-order valence-electron chi connectivity index (χ0n) is 22.6. The van der Waals surface area contributed by atoms with E-state index in [1.807, 2.05) is 0 Å². The molecule has 5 rings (SSSR count). The highest BCUT2D eigenvalue weighted by atomic mass is 19.3. The summed E-state index contributed by atoms with van der Waals surface area (Å²) in [7, 11) is 1.54. The number of anilines is 1. The van der Waals surface area contributed by atoms with E-state index in [1.165, 1.54) is 23.9 Å². The van der Waals surface area contributed by atoms with Gasteiger partial charge in [-0.1, -0.05) is 12.1 Å². The summed E-state index contributed by atoms with van der Waals surface area (Å²) in [6.45, 7) is 2.36. The summed E-state index contributed by atoms with van der Waals surface area (Å²) in [5, 5.41) is 14.6. The lowest BCUT2D eigenvalue weighted by Crippen LogP contribution is -2.27. The normalized spacial score (nSPS) is 15.6. The van der Waals surface area contributed by atoms with Crippen molar-refractivity contribution in [3.63, 3.8) is 0 Å². The van der Waals surface area contributed by atoms with Crippen LogP contribution in [-0.4, -0.2) is 45.9 Å². The maximum atomic E-state index is 15.1. The van der Waals surface area contributed by atoms with Gasteiger partial charge in [0, 0.05) is 30.2 Å². The van der Waals surface area contributed by atoms with Crippen molar-refractivity contribution in [2.24, 2.45) is 0 Å². The predicted octanol–water partition coefficient (Wildman–Crippen LogP) is 5.17. The molecule has 1 fully saturated rings. The number of benzene rings is 2. The Labute approximate surface area is 237 Å². The highest BCUT2D eigenvalue weighted by Crippen LogP contribution is 2.34. The van der Waals surface area contributed by atoms with Crippen molar-refractivity contribution in [1.29, 1.82) is 0 Å². The average Bonchev–Trinajstić information content (AvgIpc) is 3.49. The van der Waals surface area contributed by atoms with Crippen molar-refractivity contribution in [3.8, 4) is 11.5 Å². The molecule has 1 saturated heterocycles. The third kappa shape index (κ3) is 5.84. The zero-order valence-corrected chi connectivity index (χ0v) is 22.6. The van der Waals surface area contributed by atoms with Gasteiger partial charge in [0.2, 0.25) is 0 Å². The molecule has 1 aliphatic rings. The van der Waals surface area contributed by atoms with Gasteiger partial charge in [-0.05, 0) is 24.6 Å². The van der Waals surface area contributed by atoms with Gasteiger partial charge in [0.25, 0.3) is 17.7 Å². The maximum Gasteiger partial charge on any atom is 0.294 e. The molecule has 1 aliphatic heterocycles. The van der Waals surface area contributed by atoms with Gasteiger partial charge in [0.05, 0.1) is 48.8 Å². The molecule has 2 aromatic heterocycles. The number of fused-ring (bicyclic) bond motifs is 1. The Morgan fingerprint density at radius 3 is 2.57 bits per heavy atom. The van der Waals surface area contributed by atoms with Crippen LogP contribution >= 0.6 is 0 Å². The van der Waals surface area contributed by atoms with Crippen molar-refractivity contribution in [1.82, 2.24) is 14.5 Å². The first-order valence-corrected chi connectivity index (χ1v) is 12.9. The molecule has 2 atom stereocenters. The fourth-order valence-electron chi connectivity index (χ4n) is 4.72. The number of hydrogen-bond acceptors (Lipinski definition) is 9. The van der Waals surface area contributed by atoms with Crippen LogP contribution in [0.3, 0.4) is 0 Å². The van der Waals surface area contributed by atoms with E-state index in [1.54, 1.807) is 31.4 Å². The SMILES string of the molecule is COc1ccc(Cn2c(=O)c(O[C@H]3CCOC3)cc3c(N[C@H](C)c4cc([N+](=O)[O-])cc(C(F)F)c4F)ncnc32)cc1. The van der Waals surface area contributed by atoms with E-state index in [4.69, 9.17) is 14.2 Å². The Hall–Kier alpha value is -4.72. The maximum absolute atomic E-state index is 15.1. The number of non-ortho nitro benzene ring substituents is 1. The van der Waals surface area contributed by atoms with Crippen molar-refractivity contribution < 1.29 is 32.3 Å². The van der Waals surface area contributed by atoms with Gasteiger partial charge in [-0.2, -0.15) is 0 Å². The molecule has 0 amide bonds. The van der Waals surface area contributed by atoms with Gasteiger partial charge >= 0.3 is 0 Å². The number of nitro benzene ring substituents is 1. The van der Waals surface area contributed by atoms with Crippen molar-refractivity contribution in [2.75, 3.05) is 25.6 Å². The Balaban J connectivity index is 1.60. The molecule has 14 heteroatoms. The monoisotopic (exact) mass is 585 g/mol. The molecule has 220 valence electrons. The second-order valence-corrected chi connectivity index (χ2v) is 9.67. The highest BCUT2D eigenvalue weighted by molar-refractivity contribution is 5.88. The minimum Gasteiger partial charge on any atom is -0.497 e. The number of aromatic nitrogens is 3. The lowest BCUT2D eigenvalue weighted by Gasteiger charge is -2.20. The van der Waals surface area contributed by atoms with E-state index in [0.717, 1.165) is 11.6 Å². The lowest BCUT2D eigenvalue weighted by molar-refractivity contribution is -0.385. The second kappa shape index (κ2) is 12.0. The average molecular weight is 586 g/mol. The van der Waals surface area contributed by atoms with Crippen molar-refractivity contribution >= 4 is 22.5 Å². The molecule has 4 aromatic rings. The summed E-state index contributed by atoms with van der Waals surface area (Å²) in [5.41, 5.74) is -1.57. The Morgan fingerprint density at radius 2 is 1.93 bits per heavy atom. The lowest BCUT2D eigenvalue weighted by atomic mass is 10.0. The van der Waals surface area contributed by atoms with E-state index in [-0.39, 0.29) is 35.4 Å². The summed E-state index contributed by atoms with van der Waals surface area (Å²) in [4.78, 5) is 32.7. The number of ether oxygens (including phenoxy) is 3. The van der Waals surface area contributed by atoms with Crippen LogP contribution in [0.4, 0.5) is 24.7 Å². The van der Waals surface area contributed by atoms with E-state index in [0.29, 0.717) is 36.8 Å². The molecule has 0 unspecified atom stereocenters. The third-order valence-corrected chi connectivity index (χ3v) is 6.91. The number of methoxy groups -OCH3 is 1. The first-order chi connectivity index (χ1) is 20.2. The first kappa shape index (κ1) is 28.8. The van der Waals surface area contributed by atoms with Crippen LogP contribution in [0.1, 0.15) is 42.5 Å². The van der Waals surface area contributed by atoms with Gasteiger partial charge in [0.15, 0.2) is 5.75 Å². The summed E-state index contributed by atoms with van der Waals surface area (Å²) < 4.78 is 60.1. The fraction of sp³-hybridized carbons (Fsp3) is 0.321. The van der Waals surface area contributed by atoms with Crippen LogP contribution < -0.4 is 20.3 Å². The largest absolute Gasteiger partial charge is 0.497 e. The summed E-state index contributed by atoms with van der Waals surface area (Å²) in [5.74, 6) is -0.484. The number of nitro groups is 1. The third-order valence-electron chi connectivity index (χ3n) is 6.91. The zero-order chi connectivity index (χ0) is 30.0. The van der Waals surface area contributed by atoms with E-state index >= 15 is 4.39 Å². The molecule has 42 heavy (non-hydrogen) atoms. The van der Waals surface area contributed by atoms with Crippen molar-refractivity contribution in [3.05, 3.63) is 91.8 Å². The number of hydrogen-bond donors (Lipinski definition) is 1. The molecular formula is C28H26F3N5O6. The first-order valence-electron chi connectivity index (χ1n) is 12.9. The van der Waals surface area contributed by atoms with Gasteiger partial charge in [-0.15, -0.1) is 0 Å². The molecule has 3 heterocycles. The van der Waals surface area contributed by atoms with Gasteiger partial charge in [0.1, 0.15) is 35.5 Å². The number of halogens is 3. The number of pyridine rings is 1. The Morgan fingerprint density at radius 1 is 1.19 bits per heavy atom. The standard InChI is InChI=1S/C28H26F3N5O6/c1-15(20-9-17(36(38)39)10-21(24(20)29)25(30)31)34-26-22-11-23(42-19-7-8-41-13-19)28(37)35(27(22)33-14-32-26)12-16-3-5-18(40-2)6-4-16/h3-6,9-11,14-15,19,25H,7-8,12-13H2,1-2H3,(H,32,33,34)/t15-,19+/m1/s1. The van der Waals surface area contributed by atoms with E-state index in [2.05, 4.69) is 15.3 Å². The summed E-state index contributed by atoms with van der Waals surface area (Å²) in [6, 6.07) is 8.93. The Bertz CT molecular complexity index is 1680. The number of nitrogens with one attached hydrogen (secondary N) is 1. The van der Waals surface area contributed by atoms with Crippen molar-refractivity contribution in [2.45, 2.75) is 38.5 Å². The Kier molecular flexibility index (Phi) is 8.24. The van der Waals surface area contributed by atoms with Gasteiger partial charge in [-0.25, -0.2) is 23.1 Å². The van der Waals surface area contributed by atoms with Gasteiger partial charge < -0.3 is 19.5 Å². The molecule has 0 radical (unpaired) electrons. The molecular weight excluding hydrogens is 559 g/mol. The number of alkyl halides is 2. The van der Waals surface area contributed by atoms with E-state index < -0.39 is 40.0 Å². The quantitative estimate of drug-likeness (QED) is 0.198. The molecule has 0 saturated carbocycles. The van der Waals surface area contributed by atoms with Gasteiger partial charge in [-0.3, -0.25) is 19.5 Å². The van der Waals surface area contributed by atoms with Crippen LogP contribution in [0.2, 0.25) is 0 Å². The fourth-order valence-corrected chi connectivity index (χ4v) is 4.72. The molecule has 0 aliphatic carbocycles. The molecule has 2 aromatic carbocycles. The summed E-state index contributed by atoms with van der Waals surface area (Å²) >= 11 is 0. The van der Waals surface area contributed by atoms with Crippen LogP contribution in [0.15, 0.2) is 53.6 Å². The predicted molar refractivity (Wildman–Crippen MR) is 146 cm³/mol. The smallest absolute Gasteiger partial charge is 0.294 e. The number of nitrogens with zero attached hydrogens (tertiary/aromatic N) is 4. The molecule has 11 nitrogen and oxygen atoms in total. The molecule has 0 bridgehead atoms. The number of rotatable bonds is 10. The van der Waals surface area contributed by atoms with Crippen LogP contribution in [0, 0.1) is 15.9 Å². The minimum absolute atomic E-state index is 0.0125. The highest BCUT2D eigenvalue weighted by Gasteiger charge is 2.26. The molecule has 0 spiro atoms. The van der Waals surface area contributed by atoms with E-state index in [9.17, 15) is 23.7 Å². The van der Waals surface area contributed by atoms with Crippen LogP contribution in [0.5, 0.6) is 11.5 Å². The van der Waals surface area contributed by atoms with Crippen LogP contribution in [-0.2, 0) is 11.3 Å². The summed E-state index contributed by atoms with van der Waals surface area (Å²) in [6.07, 6.45) is -1.83.